The summed E-state index contributed by atoms with van der Waals surface area (Å²) in [5.74, 6) is -0.365. The SMILES string of the molecule is C=CC(=O)C1(n2cn[nH]c2=O)CCC(CO[C@H](C)c2cc(C(F)(F)F)cc(C(F)(F)F)c2)(c2ccccc2)CC1. The van der Waals surface area contributed by atoms with Crippen LogP contribution in [0.15, 0.2) is 72.3 Å². The highest BCUT2D eigenvalue weighted by molar-refractivity contribution is 5.96. The van der Waals surface area contributed by atoms with Gasteiger partial charge in [-0.1, -0.05) is 36.9 Å². The van der Waals surface area contributed by atoms with Crippen LogP contribution in [-0.2, 0) is 32.8 Å². The molecule has 0 unspecified atom stereocenters. The van der Waals surface area contributed by atoms with Gasteiger partial charge in [0, 0.05) is 5.41 Å². The lowest BCUT2D eigenvalue weighted by Crippen LogP contribution is -2.52. The molecular formula is C28H27F6N3O3. The summed E-state index contributed by atoms with van der Waals surface area (Å²) in [6.07, 6.45) is -7.59. The minimum absolute atomic E-state index is 0.0472. The molecule has 0 saturated heterocycles. The van der Waals surface area contributed by atoms with Gasteiger partial charge < -0.3 is 4.74 Å². The van der Waals surface area contributed by atoms with Gasteiger partial charge in [-0.25, -0.2) is 9.89 Å². The molecular weight excluding hydrogens is 540 g/mol. The Labute approximate surface area is 225 Å². The first kappa shape index (κ1) is 29.3. The van der Waals surface area contributed by atoms with Gasteiger partial charge in [0.25, 0.3) is 0 Å². The van der Waals surface area contributed by atoms with Crippen LogP contribution in [0.5, 0.6) is 0 Å². The van der Waals surface area contributed by atoms with Gasteiger partial charge in [0.2, 0.25) is 0 Å². The summed E-state index contributed by atoms with van der Waals surface area (Å²) >= 11 is 0. The Morgan fingerprint density at radius 1 is 1.05 bits per heavy atom. The number of benzene rings is 2. The zero-order chi connectivity index (χ0) is 29.3. The summed E-state index contributed by atoms with van der Waals surface area (Å²) in [6.45, 7) is 4.93. The van der Waals surface area contributed by atoms with E-state index in [0.29, 0.717) is 25.0 Å². The second kappa shape index (κ2) is 10.7. The first-order valence-electron chi connectivity index (χ1n) is 12.5. The summed E-state index contributed by atoms with van der Waals surface area (Å²) in [7, 11) is 0. The Hall–Kier alpha value is -3.67. The minimum Gasteiger partial charge on any atom is -0.373 e. The third-order valence-electron chi connectivity index (χ3n) is 7.77. The van der Waals surface area contributed by atoms with Gasteiger partial charge in [0.1, 0.15) is 11.9 Å². The molecule has 0 spiro atoms. The highest BCUT2D eigenvalue weighted by Crippen LogP contribution is 2.47. The average Bonchev–Trinajstić information content (AvgIpc) is 3.37. The normalized spacial score (nSPS) is 22.6. The fourth-order valence-corrected chi connectivity index (χ4v) is 5.39. The second-order valence-corrected chi connectivity index (χ2v) is 10.1. The van der Waals surface area contributed by atoms with Crippen LogP contribution in [-0.4, -0.2) is 27.2 Å². The monoisotopic (exact) mass is 567 g/mol. The van der Waals surface area contributed by atoms with E-state index in [2.05, 4.69) is 16.8 Å². The van der Waals surface area contributed by atoms with Crippen LogP contribution in [0.25, 0.3) is 0 Å². The summed E-state index contributed by atoms with van der Waals surface area (Å²) in [5, 5.41) is 6.05. The van der Waals surface area contributed by atoms with Gasteiger partial charge in [-0.2, -0.15) is 31.4 Å². The highest BCUT2D eigenvalue weighted by Gasteiger charge is 2.49. The third-order valence-corrected chi connectivity index (χ3v) is 7.77. The molecule has 1 aromatic heterocycles. The smallest absolute Gasteiger partial charge is 0.373 e. The Balaban J connectivity index is 1.66. The van der Waals surface area contributed by atoms with Crippen molar-refractivity contribution in [3.05, 3.63) is 100 Å². The number of aromatic amines is 1. The molecule has 0 radical (unpaired) electrons. The predicted molar refractivity (Wildman–Crippen MR) is 133 cm³/mol. The van der Waals surface area contributed by atoms with E-state index in [1.54, 1.807) is 18.2 Å². The van der Waals surface area contributed by atoms with Gasteiger partial charge in [0.05, 0.1) is 23.8 Å². The van der Waals surface area contributed by atoms with E-state index in [9.17, 15) is 35.9 Å². The van der Waals surface area contributed by atoms with Gasteiger partial charge in [-0.15, -0.1) is 0 Å². The summed E-state index contributed by atoms with van der Waals surface area (Å²) in [5.41, 5.74) is -4.79. The van der Waals surface area contributed by atoms with Crippen LogP contribution in [0.2, 0.25) is 0 Å². The molecule has 1 atom stereocenters. The third kappa shape index (κ3) is 5.63. The maximum atomic E-state index is 13.4. The first-order valence-corrected chi connectivity index (χ1v) is 12.5. The van der Waals surface area contributed by atoms with Crippen molar-refractivity contribution in [1.29, 1.82) is 0 Å². The lowest BCUT2D eigenvalue weighted by Gasteiger charge is -2.46. The summed E-state index contributed by atoms with van der Waals surface area (Å²) in [4.78, 5) is 25.4. The summed E-state index contributed by atoms with van der Waals surface area (Å²) < 4.78 is 87.6. The lowest BCUT2D eigenvalue weighted by molar-refractivity contribution is -0.143. The molecule has 6 nitrogen and oxygen atoms in total. The van der Waals surface area contributed by atoms with Crippen molar-refractivity contribution in [1.82, 2.24) is 14.8 Å². The molecule has 0 amide bonds. The summed E-state index contributed by atoms with van der Waals surface area (Å²) in [6, 6.07) is 10.5. The van der Waals surface area contributed by atoms with Crippen LogP contribution < -0.4 is 5.69 Å². The molecule has 1 N–H and O–H groups in total. The Bertz CT molecular complexity index is 1390. The van der Waals surface area contributed by atoms with Crippen LogP contribution >= 0.6 is 0 Å². The number of aromatic nitrogens is 3. The van der Waals surface area contributed by atoms with E-state index < -0.39 is 46.2 Å². The van der Waals surface area contributed by atoms with Gasteiger partial charge in [-0.3, -0.25) is 9.36 Å². The largest absolute Gasteiger partial charge is 0.416 e. The molecule has 12 heteroatoms. The quantitative estimate of drug-likeness (QED) is 0.254. The molecule has 40 heavy (non-hydrogen) atoms. The second-order valence-electron chi connectivity index (χ2n) is 10.1. The van der Waals surface area contributed by atoms with Crippen molar-refractivity contribution in [2.75, 3.05) is 6.61 Å². The molecule has 1 saturated carbocycles. The number of nitrogens with zero attached hydrogens (tertiary/aromatic N) is 2. The number of hydrogen-bond acceptors (Lipinski definition) is 4. The molecule has 214 valence electrons. The Morgan fingerprint density at radius 3 is 2.10 bits per heavy atom. The van der Waals surface area contributed by atoms with Gasteiger partial charge >= 0.3 is 18.0 Å². The zero-order valence-corrected chi connectivity index (χ0v) is 21.5. The van der Waals surface area contributed by atoms with Crippen molar-refractivity contribution in [3.63, 3.8) is 0 Å². The average molecular weight is 568 g/mol. The molecule has 1 aliphatic rings. The number of allylic oxidation sites excluding steroid dienone is 1. The van der Waals surface area contributed by atoms with Gasteiger partial charge in [-0.05, 0) is 68.0 Å². The van der Waals surface area contributed by atoms with Crippen LogP contribution in [0, 0.1) is 0 Å². The fraction of sp³-hybridized carbons (Fsp3) is 0.393. The van der Waals surface area contributed by atoms with E-state index in [1.807, 2.05) is 12.1 Å². The van der Waals surface area contributed by atoms with E-state index in [0.717, 1.165) is 11.6 Å². The molecule has 1 fully saturated rings. The number of hydrogen-bond donors (Lipinski definition) is 1. The molecule has 1 heterocycles. The zero-order valence-electron chi connectivity index (χ0n) is 21.5. The van der Waals surface area contributed by atoms with E-state index >= 15 is 0 Å². The van der Waals surface area contributed by atoms with Crippen LogP contribution in [0.3, 0.4) is 0 Å². The molecule has 2 aromatic carbocycles. The topological polar surface area (TPSA) is 77.0 Å². The maximum Gasteiger partial charge on any atom is 0.416 e. The number of H-pyrrole nitrogens is 1. The number of rotatable bonds is 8. The number of nitrogens with one attached hydrogen (secondary N) is 1. The maximum absolute atomic E-state index is 13.4. The number of carbonyl (C=O) groups is 1. The number of halogens is 6. The van der Waals surface area contributed by atoms with Crippen molar-refractivity contribution in [2.45, 2.75) is 62.0 Å². The van der Waals surface area contributed by atoms with Crippen LogP contribution in [0.1, 0.15) is 61.0 Å². The molecule has 4 rings (SSSR count). The van der Waals surface area contributed by atoms with Crippen LogP contribution in [0.4, 0.5) is 26.3 Å². The van der Waals surface area contributed by atoms with Crippen molar-refractivity contribution in [2.24, 2.45) is 0 Å². The lowest BCUT2D eigenvalue weighted by atomic mass is 9.63. The van der Waals surface area contributed by atoms with E-state index in [1.165, 1.54) is 17.8 Å². The molecule has 1 aliphatic carbocycles. The molecule has 0 bridgehead atoms. The van der Waals surface area contributed by atoms with E-state index in [-0.39, 0.29) is 36.9 Å². The first-order chi connectivity index (χ1) is 18.7. The van der Waals surface area contributed by atoms with Crippen molar-refractivity contribution in [3.8, 4) is 0 Å². The van der Waals surface area contributed by atoms with E-state index in [4.69, 9.17) is 4.74 Å². The van der Waals surface area contributed by atoms with Crippen molar-refractivity contribution >= 4 is 5.78 Å². The Morgan fingerprint density at radius 2 is 1.62 bits per heavy atom. The number of carbonyl (C=O) groups excluding carboxylic acids is 1. The standard InChI is InChI=1S/C28H27F6N3O3/c1-3-23(38)26(37-17-35-36-24(37)39)11-9-25(10-12-26,20-7-5-4-6-8-20)16-40-18(2)19-13-21(27(29,30)31)15-22(14-19)28(32,33)34/h3-8,13-15,17-18H,1,9-12,16H2,2H3,(H,36,39)/t18-,25?,26?/m1/s1. The fourth-order valence-electron chi connectivity index (χ4n) is 5.39. The van der Waals surface area contributed by atoms with Gasteiger partial charge in [0.15, 0.2) is 5.78 Å². The molecule has 3 aromatic rings. The number of ether oxygens (including phenoxy) is 1. The number of ketones is 1. The minimum atomic E-state index is -4.98. The highest BCUT2D eigenvalue weighted by atomic mass is 19.4. The number of alkyl halides is 6. The molecule has 0 aliphatic heterocycles. The Kier molecular flexibility index (Phi) is 7.85. The van der Waals surface area contributed by atoms with Crippen molar-refractivity contribution < 1.29 is 35.9 Å². The predicted octanol–water partition coefficient (Wildman–Crippen LogP) is 6.35.